The van der Waals surface area contributed by atoms with Crippen LogP contribution in [0.1, 0.15) is 42.5 Å². The van der Waals surface area contributed by atoms with Crippen LogP contribution in [-0.4, -0.2) is 33.9 Å². The highest BCUT2D eigenvalue weighted by Crippen LogP contribution is 2.37. The Balaban J connectivity index is 1.68. The summed E-state index contributed by atoms with van der Waals surface area (Å²) < 4.78 is 37.0. The molecule has 26 heavy (non-hydrogen) atoms. The van der Waals surface area contributed by atoms with Gasteiger partial charge in [0, 0.05) is 10.5 Å². The third kappa shape index (κ3) is 3.79. The summed E-state index contributed by atoms with van der Waals surface area (Å²) >= 11 is -0.291. The van der Waals surface area contributed by atoms with E-state index in [1.807, 2.05) is 0 Å². The van der Waals surface area contributed by atoms with Crippen LogP contribution in [-0.2, 0) is 4.79 Å². The molecule has 4 amide bonds. The molecule has 6 nitrogen and oxygen atoms in total. The maximum Gasteiger partial charge on any atom is 0.446 e. The fourth-order valence-corrected chi connectivity index (χ4v) is 3.73. The van der Waals surface area contributed by atoms with E-state index in [1.165, 1.54) is 12.1 Å². The van der Waals surface area contributed by atoms with E-state index in [0.29, 0.717) is 17.9 Å². The van der Waals surface area contributed by atoms with Gasteiger partial charge in [0.05, 0.1) is 0 Å². The molecule has 1 heterocycles. The molecule has 2 fully saturated rings. The first kappa shape index (κ1) is 18.6. The quantitative estimate of drug-likeness (QED) is 0.617. The lowest BCUT2D eigenvalue weighted by molar-refractivity contribution is -0.134. The van der Waals surface area contributed by atoms with Crippen molar-refractivity contribution in [2.75, 3.05) is 0 Å². The maximum atomic E-state index is 12.6. The zero-order valence-electron chi connectivity index (χ0n) is 13.6. The summed E-state index contributed by atoms with van der Waals surface area (Å²) in [5, 5.41) is 3.31. The molecular formula is C16H16F3N3O3S. The molecular weight excluding hydrogens is 371 g/mol. The van der Waals surface area contributed by atoms with Crippen LogP contribution in [0.4, 0.5) is 18.0 Å². The number of benzene rings is 1. The Kier molecular flexibility index (Phi) is 4.87. The fourth-order valence-electron chi connectivity index (χ4n) is 3.19. The van der Waals surface area contributed by atoms with E-state index in [2.05, 4.69) is 10.7 Å². The number of rotatable bonds is 3. The van der Waals surface area contributed by atoms with Gasteiger partial charge in [-0.15, -0.1) is 0 Å². The van der Waals surface area contributed by atoms with Crippen LogP contribution in [0, 0.1) is 0 Å². The van der Waals surface area contributed by atoms with Crippen LogP contribution in [0.2, 0.25) is 0 Å². The van der Waals surface area contributed by atoms with Gasteiger partial charge < -0.3 is 5.32 Å². The SMILES string of the molecule is O=C(NN1C(=O)NC2(CCCCC2)C1=O)c1ccc(SC(F)(F)F)cc1. The molecule has 3 rings (SSSR count). The summed E-state index contributed by atoms with van der Waals surface area (Å²) in [5.41, 5.74) is -3.10. The molecule has 1 aliphatic carbocycles. The molecule has 0 aromatic heterocycles. The van der Waals surface area contributed by atoms with E-state index < -0.39 is 28.9 Å². The molecule has 1 saturated heterocycles. The van der Waals surface area contributed by atoms with Crippen molar-refractivity contribution in [3.05, 3.63) is 29.8 Å². The first-order chi connectivity index (χ1) is 12.2. The van der Waals surface area contributed by atoms with Gasteiger partial charge in [-0.3, -0.25) is 15.0 Å². The molecule has 1 aromatic carbocycles. The summed E-state index contributed by atoms with van der Waals surface area (Å²) in [6, 6.07) is 4.02. The normalized spacial score (nSPS) is 19.6. The number of halogens is 3. The van der Waals surface area contributed by atoms with Crippen LogP contribution in [0.15, 0.2) is 29.2 Å². The molecule has 140 valence electrons. The largest absolute Gasteiger partial charge is 0.446 e. The summed E-state index contributed by atoms with van der Waals surface area (Å²) in [4.78, 5) is 36.8. The smallest absolute Gasteiger partial charge is 0.322 e. The van der Waals surface area contributed by atoms with Crippen LogP contribution in [0.5, 0.6) is 0 Å². The second-order valence-corrected chi connectivity index (χ2v) is 7.37. The third-order valence-electron chi connectivity index (χ3n) is 4.43. The Bertz CT molecular complexity index is 730. The number of imide groups is 1. The number of amides is 4. The lowest BCUT2D eigenvalue weighted by Crippen LogP contribution is -2.50. The van der Waals surface area contributed by atoms with Crippen molar-refractivity contribution in [3.8, 4) is 0 Å². The summed E-state index contributed by atoms with van der Waals surface area (Å²) in [7, 11) is 0. The fraction of sp³-hybridized carbons (Fsp3) is 0.438. The Morgan fingerprint density at radius 2 is 1.73 bits per heavy atom. The molecule has 1 spiro atoms. The van der Waals surface area contributed by atoms with Crippen molar-refractivity contribution in [2.24, 2.45) is 0 Å². The molecule has 2 N–H and O–H groups in total. The van der Waals surface area contributed by atoms with Crippen LogP contribution in [0.25, 0.3) is 0 Å². The minimum atomic E-state index is -4.42. The topological polar surface area (TPSA) is 78.5 Å². The van der Waals surface area contributed by atoms with Gasteiger partial charge >= 0.3 is 11.5 Å². The minimum absolute atomic E-state index is 0.0433. The van der Waals surface area contributed by atoms with E-state index in [9.17, 15) is 27.6 Å². The Labute approximate surface area is 151 Å². The van der Waals surface area contributed by atoms with Crippen molar-refractivity contribution < 1.29 is 27.6 Å². The Morgan fingerprint density at radius 3 is 2.31 bits per heavy atom. The average molecular weight is 387 g/mol. The van der Waals surface area contributed by atoms with Crippen LogP contribution < -0.4 is 10.7 Å². The van der Waals surface area contributed by atoms with Crippen molar-refractivity contribution in [1.82, 2.24) is 15.8 Å². The van der Waals surface area contributed by atoms with E-state index in [4.69, 9.17) is 0 Å². The molecule has 0 radical (unpaired) electrons. The van der Waals surface area contributed by atoms with Gasteiger partial charge in [0.1, 0.15) is 5.54 Å². The summed E-state index contributed by atoms with van der Waals surface area (Å²) in [6.45, 7) is 0. The number of alkyl halides is 3. The number of hydrogen-bond acceptors (Lipinski definition) is 4. The third-order valence-corrected chi connectivity index (χ3v) is 5.17. The number of hydrogen-bond donors (Lipinski definition) is 2. The second-order valence-electron chi connectivity index (χ2n) is 6.23. The number of nitrogens with one attached hydrogen (secondary N) is 2. The maximum absolute atomic E-state index is 12.6. The first-order valence-corrected chi connectivity index (χ1v) is 8.85. The minimum Gasteiger partial charge on any atom is -0.322 e. The second kappa shape index (κ2) is 6.82. The molecule has 1 saturated carbocycles. The van der Waals surface area contributed by atoms with Gasteiger partial charge in [-0.25, -0.2) is 4.79 Å². The summed E-state index contributed by atoms with van der Waals surface area (Å²) in [5.74, 6) is -1.25. The van der Waals surface area contributed by atoms with E-state index in [1.54, 1.807) is 0 Å². The number of thioether (sulfide) groups is 1. The molecule has 0 bridgehead atoms. The molecule has 1 aromatic rings. The molecule has 1 aliphatic heterocycles. The van der Waals surface area contributed by atoms with Gasteiger partial charge in [0.15, 0.2) is 0 Å². The predicted molar refractivity (Wildman–Crippen MR) is 87.0 cm³/mol. The van der Waals surface area contributed by atoms with Crippen molar-refractivity contribution in [2.45, 2.75) is 48.0 Å². The van der Waals surface area contributed by atoms with Gasteiger partial charge in [0.25, 0.3) is 11.8 Å². The number of carbonyl (C=O) groups excluding carboxylic acids is 3. The zero-order valence-corrected chi connectivity index (χ0v) is 14.4. The molecule has 10 heteroatoms. The van der Waals surface area contributed by atoms with E-state index >= 15 is 0 Å². The highest BCUT2D eigenvalue weighted by molar-refractivity contribution is 8.00. The van der Waals surface area contributed by atoms with Crippen LogP contribution in [0.3, 0.4) is 0 Å². The van der Waals surface area contributed by atoms with Crippen molar-refractivity contribution in [3.63, 3.8) is 0 Å². The zero-order chi connectivity index (χ0) is 18.9. The monoisotopic (exact) mass is 387 g/mol. The van der Waals surface area contributed by atoms with Gasteiger partial charge in [-0.1, -0.05) is 19.3 Å². The lowest BCUT2D eigenvalue weighted by Gasteiger charge is -2.30. The van der Waals surface area contributed by atoms with Crippen molar-refractivity contribution in [1.29, 1.82) is 0 Å². The number of urea groups is 1. The molecule has 0 unspecified atom stereocenters. The van der Waals surface area contributed by atoms with Gasteiger partial charge in [0.2, 0.25) is 0 Å². The van der Waals surface area contributed by atoms with E-state index in [-0.39, 0.29) is 22.2 Å². The number of carbonyl (C=O) groups is 3. The average Bonchev–Trinajstić information content (AvgIpc) is 2.79. The highest BCUT2D eigenvalue weighted by Gasteiger charge is 2.52. The highest BCUT2D eigenvalue weighted by atomic mass is 32.2. The van der Waals surface area contributed by atoms with Gasteiger partial charge in [-0.2, -0.15) is 18.2 Å². The molecule has 0 atom stereocenters. The van der Waals surface area contributed by atoms with Crippen molar-refractivity contribution >= 4 is 29.6 Å². The van der Waals surface area contributed by atoms with E-state index in [0.717, 1.165) is 31.4 Å². The van der Waals surface area contributed by atoms with Crippen LogP contribution >= 0.6 is 11.8 Å². The Hall–Kier alpha value is -2.23. The number of hydrazine groups is 1. The lowest BCUT2D eigenvalue weighted by atomic mass is 9.82. The number of nitrogens with zero attached hydrogens (tertiary/aromatic N) is 1. The first-order valence-electron chi connectivity index (χ1n) is 8.04. The standard InChI is InChI=1S/C16H16F3N3O3S/c17-16(18,19)26-11-6-4-10(5-7-11)12(23)21-22-13(24)15(20-14(22)25)8-2-1-3-9-15/h4-7H,1-3,8-9H2,(H,20,25)(H,21,23). The summed E-state index contributed by atoms with van der Waals surface area (Å²) in [6.07, 6.45) is 3.65. The molecule has 2 aliphatic rings. The Morgan fingerprint density at radius 1 is 1.12 bits per heavy atom. The van der Waals surface area contributed by atoms with Gasteiger partial charge in [-0.05, 0) is 48.9 Å². The predicted octanol–water partition coefficient (Wildman–Crippen LogP) is 3.20.